The van der Waals surface area contributed by atoms with Crippen molar-refractivity contribution in [2.45, 2.75) is 89.2 Å². The summed E-state index contributed by atoms with van der Waals surface area (Å²) in [6, 6.07) is -2.79. The van der Waals surface area contributed by atoms with E-state index in [4.69, 9.17) is 9.47 Å². The molecule has 0 spiro atoms. The summed E-state index contributed by atoms with van der Waals surface area (Å²) in [5, 5.41) is 5.41. The highest BCUT2D eigenvalue weighted by Gasteiger charge is 2.50. The Morgan fingerprint density at radius 1 is 1.27 bits per heavy atom. The fourth-order valence-corrected chi connectivity index (χ4v) is 4.36. The van der Waals surface area contributed by atoms with Crippen LogP contribution in [0, 0.1) is 5.92 Å². The first-order valence-electron chi connectivity index (χ1n) is 11.9. The summed E-state index contributed by atoms with van der Waals surface area (Å²) in [7, 11) is 0. The van der Waals surface area contributed by atoms with Gasteiger partial charge < -0.3 is 25.0 Å². The molecule has 0 radical (unpaired) electrons. The highest BCUT2D eigenvalue weighted by Crippen LogP contribution is 2.29. The predicted octanol–water partition coefficient (Wildman–Crippen LogP) is 0.890. The molecule has 0 aromatic rings. The Balaban J connectivity index is 1.73. The van der Waals surface area contributed by atoms with Crippen molar-refractivity contribution in [1.29, 1.82) is 0 Å². The van der Waals surface area contributed by atoms with Gasteiger partial charge in [0.2, 0.25) is 17.7 Å². The molecule has 0 unspecified atom stereocenters. The van der Waals surface area contributed by atoms with Crippen molar-refractivity contribution in [3.05, 3.63) is 0 Å². The number of alkyl halides is 1. The Hall–Kier alpha value is -2.07. The van der Waals surface area contributed by atoms with Crippen LogP contribution in [0.3, 0.4) is 0 Å². The average molecular weight is 470 g/mol. The minimum Gasteiger partial charge on any atom is -0.379 e. The highest BCUT2D eigenvalue weighted by atomic mass is 19.1. The molecule has 2 N–H and O–H groups in total. The van der Waals surface area contributed by atoms with Crippen LogP contribution in [0.2, 0.25) is 0 Å². The van der Waals surface area contributed by atoms with Crippen molar-refractivity contribution < 1.29 is 33.0 Å². The Bertz CT molecular complexity index is 756. The molecule has 3 heterocycles. The number of ketones is 1. The third-order valence-electron chi connectivity index (χ3n) is 6.41. The van der Waals surface area contributed by atoms with Crippen LogP contribution in [0.4, 0.5) is 4.39 Å². The molecule has 0 aromatic carbocycles. The van der Waals surface area contributed by atoms with E-state index in [9.17, 15) is 23.6 Å². The monoisotopic (exact) mass is 469 g/mol. The molecule has 186 valence electrons. The van der Waals surface area contributed by atoms with E-state index in [1.165, 1.54) is 4.90 Å². The van der Waals surface area contributed by atoms with Crippen LogP contribution >= 0.6 is 0 Å². The number of carbonyl (C=O) groups excluding carboxylic acids is 4. The lowest BCUT2D eigenvalue weighted by Crippen LogP contribution is -2.57. The summed E-state index contributed by atoms with van der Waals surface area (Å²) >= 11 is 0. The summed E-state index contributed by atoms with van der Waals surface area (Å²) in [4.78, 5) is 52.8. The van der Waals surface area contributed by atoms with Gasteiger partial charge in [-0.3, -0.25) is 19.2 Å². The zero-order valence-corrected chi connectivity index (χ0v) is 19.7. The molecule has 5 atom stereocenters. The molecule has 3 fully saturated rings. The molecular weight excluding hydrogens is 433 g/mol. The van der Waals surface area contributed by atoms with Crippen molar-refractivity contribution in [3.8, 4) is 0 Å². The summed E-state index contributed by atoms with van der Waals surface area (Å²) < 4.78 is 25.0. The van der Waals surface area contributed by atoms with Crippen molar-refractivity contribution in [2.75, 3.05) is 26.4 Å². The lowest BCUT2D eigenvalue weighted by atomic mass is 9.93. The Morgan fingerprint density at radius 3 is 2.67 bits per heavy atom. The Labute approximate surface area is 194 Å². The lowest BCUT2D eigenvalue weighted by molar-refractivity contribution is -0.140. The van der Waals surface area contributed by atoms with Crippen molar-refractivity contribution in [1.82, 2.24) is 15.5 Å². The molecule has 3 aliphatic rings. The summed E-state index contributed by atoms with van der Waals surface area (Å²) in [5.74, 6) is -1.44. The van der Waals surface area contributed by atoms with E-state index >= 15 is 0 Å². The number of ether oxygens (including phenoxy) is 2. The SMILES string of the molecule is CC(C)C[C@H](NC(=O)[C@@H]1COCCCCCC(=O)N2C[C@H](F)C[C@H]2C(=O)N1)C(=O)[C@@]1(C)CO1. The maximum atomic E-state index is 14.1. The smallest absolute Gasteiger partial charge is 0.245 e. The number of nitrogens with zero attached hydrogens (tertiary/aromatic N) is 1. The summed E-state index contributed by atoms with van der Waals surface area (Å²) in [6.07, 6.45) is 1.39. The Kier molecular flexibility index (Phi) is 8.44. The van der Waals surface area contributed by atoms with Gasteiger partial charge in [-0.1, -0.05) is 20.3 Å². The van der Waals surface area contributed by atoms with E-state index in [2.05, 4.69) is 10.6 Å². The second-order valence-corrected chi connectivity index (χ2v) is 9.92. The second-order valence-electron chi connectivity index (χ2n) is 9.92. The Morgan fingerprint density at radius 2 is 2.00 bits per heavy atom. The standard InChI is InChI=1S/C23H36FN3O6/c1-14(2)9-16(20(29)23(3)13-33-23)25-21(30)17-12-32-8-6-4-5-7-19(28)27-11-15(24)10-18(27)22(31)26-17/h14-18H,4-13H2,1-3H3,(H,25,30)(H,26,31)/t15-,16+,17+,18+,23-/m1/s1. The van der Waals surface area contributed by atoms with E-state index < -0.39 is 41.7 Å². The number of rotatable bonds is 6. The number of carbonyl (C=O) groups is 4. The van der Waals surface area contributed by atoms with Gasteiger partial charge in [-0.15, -0.1) is 0 Å². The van der Waals surface area contributed by atoms with Crippen molar-refractivity contribution in [3.63, 3.8) is 0 Å². The normalized spacial score (nSPS) is 32.2. The number of amides is 3. The maximum absolute atomic E-state index is 14.1. The molecule has 0 aromatic heterocycles. The van der Waals surface area contributed by atoms with E-state index in [0.29, 0.717) is 32.5 Å². The molecule has 3 saturated heterocycles. The minimum absolute atomic E-state index is 0.0757. The predicted molar refractivity (Wildman–Crippen MR) is 117 cm³/mol. The quantitative estimate of drug-likeness (QED) is 0.558. The van der Waals surface area contributed by atoms with Gasteiger partial charge in [0, 0.05) is 19.4 Å². The zero-order chi connectivity index (χ0) is 24.2. The topological polar surface area (TPSA) is 117 Å². The number of hydrogen-bond donors (Lipinski definition) is 2. The average Bonchev–Trinajstić information content (AvgIpc) is 3.37. The fraction of sp³-hybridized carbons (Fsp3) is 0.826. The van der Waals surface area contributed by atoms with Gasteiger partial charge in [-0.25, -0.2) is 4.39 Å². The van der Waals surface area contributed by atoms with Crippen LogP contribution < -0.4 is 10.6 Å². The fourth-order valence-electron chi connectivity index (χ4n) is 4.36. The van der Waals surface area contributed by atoms with Crippen molar-refractivity contribution in [2.24, 2.45) is 5.92 Å². The number of Topliss-reactive ketones (excluding diaryl/α,β-unsaturated/α-hetero) is 1. The van der Waals surface area contributed by atoms with Gasteiger partial charge in [-0.2, -0.15) is 0 Å². The van der Waals surface area contributed by atoms with E-state index in [-0.39, 0.29) is 43.6 Å². The minimum atomic E-state index is -1.28. The molecule has 0 bridgehead atoms. The largest absolute Gasteiger partial charge is 0.379 e. The third-order valence-corrected chi connectivity index (χ3v) is 6.41. The molecule has 10 heteroatoms. The van der Waals surface area contributed by atoms with Crippen molar-refractivity contribution >= 4 is 23.5 Å². The first kappa shape index (κ1) is 25.6. The van der Waals surface area contributed by atoms with Gasteiger partial charge in [0.25, 0.3) is 0 Å². The zero-order valence-electron chi connectivity index (χ0n) is 19.7. The molecular formula is C23H36FN3O6. The van der Waals surface area contributed by atoms with Gasteiger partial charge in [0.15, 0.2) is 5.78 Å². The highest BCUT2D eigenvalue weighted by molar-refractivity contribution is 5.98. The second kappa shape index (κ2) is 10.9. The summed E-state index contributed by atoms with van der Waals surface area (Å²) in [6.45, 7) is 6.10. The third kappa shape index (κ3) is 6.72. The first-order chi connectivity index (χ1) is 15.6. The molecule has 0 saturated carbocycles. The van der Waals surface area contributed by atoms with Crippen LogP contribution in [0.15, 0.2) is 0 Å². The van der Waals surface area contributed by atoms with E-state index in [1.807, 2.05) is 13.8 Å². The number of epoxide rings is 1. The van der Waals surface area contributed by atoms with Gasteiger partial charge in [-0.05, 0) is 32.1 Å². The number of halogens is 1. The number of fused-ring (bicyclic) bond motifs is 1. The van der Waals surface area contributed by atoms with Gasteiger partial charge >= 0.3 is 0 Å². The molecule has 33 heavy (non-hydrogen) atoms. The van der Waals surface area contributed by atoms with Crippen LogP contribution in [-0.2, 0) is 28.7 Å². The molecule has 0 aliphatic carbocycles. The van der Waals surface area contributed by atoms with Gasteiger partial charge in [0.1, 0.15) is 23.9 Å². The van der Waals surface area contributed by atoms with Gasteiger partial charge in [0.05, 0.1) is 25.8 Å². The van der Waals surface area contributed by atoms with Crippen LogP contribution in [0.5, 0.6) is 0 Å². The first-order valence-corrected chi connectivity index (χ1v) is 11.9. The van der Waals surface area contributed by atoms with Crippen LogP contribution in [-0.4, -0.2) is 84.7 Å². The molecule has 3 amide bonds. The molecule has 3 aliphatic heterocycles. The van der Waals surface area contributed by atoms with Crippen LogP contribution in [0.25, 0.3) is 0 Å². The van der Waals surface area contributed by atoms with E-state index in [1.54, 1.807) is 6.92 Å². The number of nitrogens with one attached hydrogen (secondary N) is 2. The maximum Gasteiger partial charge on any atom is 0.245 e. The number of hydrogen-bond acceptors (Lipinski definition) is 6. The molecule has 3 rings (SSSR count). The molecule has 9 nitrogen and oxygen atoms in total. The summed E-state index contributed by atoms with van der Waals surface area (Å²) in [5.41, 5.74) is -0.891. The lowest BCUT2D eigenvalue weighted by Gasteiger charge is -2.27. The van der Waals surface area contributed by atoms with E-state index in [0.717, 1.165) is 6.42 Å². The van der Waals surface area contributed by atoms with Crippen LogP contribution in [0.1, 0.15) is 59.3 Å².